The number of amides is 1. The number of rotatable bonds is 7. The molecule has 0 radical (unpaired) electrons. The van der Waals surface area contributed by atoms with Gasteiger partial charge < -0.3 is 9.64 Å². The number of carbonyl (C=O) groups is 1. The Kier molecular flexibility index (Phi) is 6.90. The Morgan fingerprint density at radius 1 is 0.902 bits per heavy atom. The molecule has 2 atom stereocenters. The fraction of sp³-hybridized carbons (Fsp3) is 0.182. The standard InChI is InChI=1S/C33H27N3O4S/c1-34-27-18-16-25(17-19-27)31-35-33(22-24-10-4-2-5-11-24)30(40-31)29-15-9-8-12-26(29)23-36(32(33)37)20-21-41(38,39)28-13-6-3-7-14-28/h2-19,30H,20-23H2/t30-,33-/m0/s1. The second-order valence-electron chi connectivity index (χ2n) is 10.2. The van der Waals surface area contributed by atoms with E-state index in [0.29, 0.717) is 17.1 Å². The van der Waals surface area contributed by atoms with E-state index >= 15 is 0 Å². The zero-order chi connectivity index (χ0) is 28.5. The van der Waals surface area contributed by atoms with Gasteiger partial charge in [-0.25, -0.2) is 18.3 Å². The van der Waals surface area contributed by atoms with E-state index in [4.69, 9.17) is 16.3 Å². The fourth-order valence-electron chi connectivity index (χ4n) is 5.52. The van der Waals surface area contributed by atoms with Gasteiger partial charge in [-0.3, -0.25) is 4.79 Å². The quantitative estimate of drug-likeness (QED) is 0.277. The summed E-state index contributed by atoms with van der Waals surface area (Å²) in [5.74, 6) is -0.171. The van der Waals surface area contributed by atoms with E-state index in [1.54, 1.807) is 59.5 Å². The topological polar surface area (TPSA) is 80.4 Å². The van der Waals surface area contributed by atoms with Gasteiger partial charge in [-0.15, -0.1) is 0 Å². The van der Waals surface area contributed by atoms with E-state index in [-0.39, 0.29) is 36.1 Å². The highest BCUT2D eigenvalue weighted by Gasteiger charge is 2.56. The fourth-order valence-corrected chi connectivity index (χ4v) is 6.79. The minimum absolute atomic E-state index is 0.0121. The maximum absolute atomic E-state index is 14.7. The number of hydrogen-bond acceptors (Lipinski definition) is 5. The molecule has 0 saturated heterocycles. The molecule has 8 heteroatoms. The van der Waals surface area contributed by atoms with Crippen LogP contribution in [0.2, 0.25) is 0 Å². The number of hydrogen-bond donors (Lipinski definition) is 0. The smallest absolute Gasteiger partial charge is 0.255 e. The van der Waals surface area contributed by atoms with Crippen LogP contribution in [-0.2, 0) is 32.3 Å². The first-order valence-corrected chi connectivity index (χ1v) is 15.0. The average Bonchev–Trinajstić information content (AvgIpc) is 3.36. The molecule has 1 amide bonds. The molecule has 0 saturated carbocycles. The summed E-state index contributed by atoms with van der Waals surface area (Å²) in [7, 11) is -3.62. The molecular formula is C33H27N3O4S. The highest BCUT2D eigenvalue weighted by molar-refractivity contribution is 7.91. The average molecular weight is 562 g/mol. The molecule has 2 aliphatic rings. The van der Waals surface area contributed by atoms with Crippen molar-refractivity contribution < 1.29 is 17.9 Å². The second-order valence-corrected chi connectivity index (χ2v) is 12.3. The Labute approximate surface area is 239 Å². The molecule has 41 heavy (non-hydrogen) atoms. The van der Waals surface area contributed by atoms with Gasteiger partial charge in [-0.1, -0.05) is 97.1 Å². The number of sulfone groups is 1. The monoisotopic (exact) mass is 561 g/mol. The van der Waals surface area contributed by atoms with Gasteiger partial charge >= 0.3 is 0 Å². The lowest BCUT2D eigenvalue weighted by molar-refractivity contribution is -0.139. The lowest BCUT2D eigenvalue weighted by Crippen LogP contribution is -2.50. The minimum Gasteiger partial charge on any atom is -0.466 e. The maximum atomic E-state index is 14.7. The SMILES string of the molecule is [C-]#[N+]c1ccc(C2=N[C@]3(Cc4ccccc4)C(=O)N(CCS(=O)(=O)c4ccccc4)Cc4ccccc4[C@@H]3O2)cc1. The number of benzene rings is 4. The lowest BCUT2D eigenvalue weighted by atomic mass is 9.81. The van der Waals surface area contributed by atoms with Crippen molar-refractivity contribution in [2.45, 2.75) is 29.5 Å². The zero-order valence-electron chi connectivity index (χ0n) is 22.2. The summed E-state index contributed by atoms with van der Waals surface area (Å²) in [6.07, 6.45) is -0.435. The Morgan fingerprint density at radius 3 is 2.27 bits per heavy atom. The summed E-state index contributed by atoms with van der Waals surface area (Å²) in [6.45, 7) is 7.54. The van der Waals surface area contributed by atoms with Gasteiger partial charge in [0.05, 0.1) is 17.2 Å². The lowest BCUT2D eigenvalue weighted by Gasteiger charge is -2.32. The highest BCUT2D eigenvalue weighted by atomic mass is 32.2. The van der Waals surface area contributed by atoms with Crippen LogP contribution < -0.4 is 0 Å². The third kappa shape index (κ3) is 5.01. The van der Waals surface area contributed by atoms with Crippen LogP contribution in [0.1, 0.15) is 28.4 Å². The normalized spacial score (nSPS) is 19.8. The number of carbonyl (C=O) groups excluding carboxylic acids is 1. The second kappa shape index (κ2) is 10.7. The van der Waals surface area contributed by atoms with E-state index in [1.165, 1.54) is 0 Å². The molecule has 0 fully saturated rings. The maximum Gasteiger partial charge on any atom is 0.255 e. The highest BCUT2D eigenvalue weighted by Crippen LogP contribution is 2.46. The predicted molar refractivity (Wildman–Crippen MR) is 156 cm³/mol. The van der Waals surface area contributed by atoms with Crippen LogP contribution in [0.4, 0.5) is 5.69 Å². The molecule has 0 unspecified atom stereocenters. The number of aliphatic imine (C=N–C) groups is 1. The van der Waals surface area contributed by atoms with Crippen molar-refractivity contribution in [3.8, 4) is 0 Å². The molecule has 0 spiro atoms. The summed E-state index contributed by atoms with van der Waals surface area (Å²) < 4.78 is 32.9. The first kappa shape index (κ1) is 26.5. The van der Waals surface area contributed by atoms with Crippen LogP contribution in [0.5, 0.6) is 0 Å². The molecule has 0 aromatic heterocycles. The molecular weight excluding hydrogens is 534 g/mol. The van der Waals surface area contributed by atoms with Crippen LogP contribution in [0, 0.1) is 6.57 Å². The van der Waals surface area contributed by atoms with Crippen molar-refractivity contribution in [1.82, 2.24) is 4.90 Å². The van der Waals surface area contributed by atoms with Crippen molar-refractivity contribution >= 4 is 27.3 Å². The van der Waals surface area contributed by atoms with Gasteiger partial charge in [0.1, 0.15) is 0 Å². The Hall–Kier alpha value is -4.74. The Balaban J connectivity index is 1.45. The number of nitrogens with zero attached hydrogens (tertiary/aromatic N) is 3. The summed E-state index contributed by atoms with van der Waals surface area (Å²) in [5.41, 5.74) is 2.46. The van der Waals surface area contributed by atoms with Crippen LogP contribution >= 0.6 is 0 Å². The molecule has 0 aliphatic carbocycles. The van der Waals surface area contributed by atoms with Crippen LogP contribution in [0.25, 0.3) is 4.85 Å². The van der Waals surface area contributed by atoms with Crippen molar-refractivity contribution in [3.05, 3.63) is 143 Å². The third-order valence-electron chi connectivity index (χ3n) is 7.61. The zero-order valence-corrected chi connectivity index (χ0v) is 23.0. The van der Waals surface area contributed by atoms with Crippen LogP contribution in [0.3, 0.4) is 0 Å². The first-order chi connectivity index (χ1) is 19.9. The van der Waals surface area contributed by atoms with Gasteiger partial charge in [0.15, 0.2) is 27.2 Å². The molecule has 6 rings (SSSR count). The molecule has 2 heterocycles. The summed E-state index contributed by atoms with van der Waals surface area (Å²) in [6, 6.07) is 32.6. The molecule has 2 aliphatic heterocycles. The van der Waals surface area contributed by atoms with Crippen molar-refractivity contribution in [1.29, 1.82) is 0 Å². The van der Waals surface area contributed by atoms with Crippen LogP contribution in [0.15, 0.2) is 119 Å². The van der Waals surface area contributed by atoms with E-state index < -0.39 is 21.5 Å². The predicted octanol–water partition coefficient (Wildman–Crippen LogP) is 5.55. The molecule has 4 aromatic carbocycles. The van der Waals surface area contributed by atoms with Crippen molar-refractivity contribution in [2.24, 2.45) is 4.99 Å². The molecule has 7 nitrogen and oxygen atoms in total. The van der Waals surface area contributed by atoms with E-state index in [9.17, 15) is 13.2 Å². The largest absolute Gasteiger partial charge is 0.466 e. The molecule has 4 aromatic rings. The Bertz CT molecular complexity index is 1760. The van der Waals surface area contributed by atoms with Crippen molar-refractivity contribution in [2.75, 3.05) is 12.3 Å². The first-order valence-electron chi connectivity index (χ1n) is 13.3. The number of fused-ring (bicyclic) bond motifs is 3. The van der Waals surface area contributed by atoms with E-state index in [1.807, 2.05) is 54.6 Å². The van der Waals surface area contributed by atoms with Gasteiger partial charge in [0.2, 0.25) is 5.90 Å². The minimum atomic E-state index is -3.62. The van der Waals surface area contributed by atoms with Crippen molar-refractivity contribution in [3.63, 3.8) is 0 Å². The van der Waals surface area contributed by atoms with Crippen LogP contribution in [-0.4, -0.2) is 43.0 Å². The van der Waals surface area contributed by atoms with E-state index in [0.717, 1.165) is 16.7 Å². The van der Waals surface area contributed by atoms with Gasteiger partial charge in [0.25, 0.3) is 5.91 Å². The van der Waals surface area contributed by atoms with Gasteiger partial charge in [-0.2, -0.15) is 0 Å². The summed E-state index contributed by atoms with van der Waals surface area (Å²) >= 11 is 0. The molecule has 0 bridgehead atoms. The van der Waals surface area contributed by atoms with Gasteiger partial charge in [-0.05, 0) is 23.3 Å². The molecule has 204 valence electrons. The third-order valence-corrected chi connectivity index (χ3v) is 9.32. The summed E-state index contributed by atoms with van der Waals surface area (Å²) in [5, 5.41) is 0. The Morgan fingerprint density at radius 2 is 1.56 bits per heavy atom. The molecule has 0 N–H and O–H groups in total. The van der Waals surface area contributed by atoms with E-state index in [2.05, 4.69) is 4.85 Å². The number of ether oxygens (including phenoxy) is 1. The van der Waals surface area contributed by atoms with Gasteiger partial charge in [0, 0.05) is 30.6 Å². The summed E-state index contributed by atoms with van der Waals surface area (Å²) in [4.78, 5) is 25.0.